The largest absolute Gasteiger partial charge is 0.312 e. The third kappa shape index (κ3) is 3.47. The predicted octanol–water partition coefficient (Wildman–Crippen LogP) is 2.56. The lowest BCUT2D eigenvalue weighted by atomic mass is 10.2. The lowest BCUT2D eigenvalue weighted by molar-refractivity contribution is 0.609. The van der Waals surface area contributed by atoms with E-state index in [0.717, 1.165) is 30.6 Å². The van der Waals surface area contributed by atoms with Crippen molar-refractivity contribution in [2.24, 2.45) is 11.8 Å². The van der Waals surface area contributed by atoms with Crippen LogP contribution in [-0.4, -0.2) is 11.5 Å². The summed E-state index contributed by atoms with van der Waals surface area (Å²) in [7, 11) is 0. The van der Waals surface area contributed by atoms with Crippen molar-refractivity contribution in [3.63, 3.8) is 0 Å². The molecule has 1 N–H and O–H groups in total. The molecule has 1 aromatic heterocycles. The number of pyridine rings is 1. The van der Waals surface area contributed by atoms with E-state index in [2.05, 4.69) is 30.2 Å². The van der Waals surface area contributed by atoms with Crippen molar-refractivity contribution >= 4 is 12.4 Å². The average molecular weight is 227 g/mol. The molecule has 0 spiro atoms. The lowest BCUT2D eigenvalue weighted by Gasteiger charge is -2.05. The summed E-state index contributed by atoms with van der Waals surface area (Å²) in [5.74, 6) is 1.87. The topological polar surface area (TPSA) is 24.9 Å². The zero-order valence-electron chi connectivity index (χ0n) is 9.36. The van der Waals surface area contributed by atoms with Gasteiger partial charge in [0.2, 0.25) is 0 Å². The molecule has 1 aromatic rings. The second-order valence-electron chi connectivity index (χ2n) is 4.35. The highest BCUT2D eigenvalue weighted by Gasteiger charge is 2.31. The monoisotopic (exact) mass is 226 g/mol. The number of hydrogen-bond acceptors (Lipinski definition) is 2. The third-order valence-corrected chi connectivity index (χ3v) is 3.11. The van der Waals surface area contributed by atoms with Gasteiger partial charge in [0, 0.05) is 18.4 Å². The standard InChI is InChI=1S/C12H18N2.ClH/c1-9-6-12(9)8-13-7-11-4-3-5-14-10(11)2;/h3-5,9,12-13H,6-8H2,1-2H3;1H. The summed E-state index contributed by atoms with van der Waals surface area (Å²) in [4.78, 5) is 4.27. The molecule has 84 valence electrons. The molecule has 1 heterocycles. The number of rotatable bonds is 4. The summed E-state index contributed by atoms with van der Waals surface area (Å²) in [5, 5.41) is 3.49. The van der Waals surface area contributed by atoms with Gasteiger partial charge in [-0.05, 0) is 43.4 Å². The maximum absolute atomic E-state index is 4.27. The molecule has 1 aliphatic carbocycles. The van der Waals surface area contributed by atoms with E-state index < -0.39 is 0 Å². The number of nitrogens with zero attached hydrogens (tertiary/aromatic N) is 1. The molecule has 1 saturated carbocycles. The van der Waals surface area contributed by atoms with Gasteiger partial charge in [-0.15, -0.1) is 12.4 Å². The van der Waals surface area contributed by atoms with Crippen LogP contribution >= 0.6 is 12.4 Å². The zero-order chi connectivity index (χ0) is 9.97. The summed E-state index contributed by atoms with van der Waals surface area (Å²) in [6, 6.07) is 4.15. The predicted molar refractivity (Wildman–Crippen MR) is 65.2 cm³/mol. The fourth-order valence-corrected chi connectivity index (χ4v) is 1.78. The van der Waals surface area contributed by atoms with Crippen molar-refractivity contribution in [2.75, 3.05) is 6.54 Å². The summed E-state index contributed by atoms with van der Waals surface area (Å²) in [6.45, 7) is 6.51. The van der Waals surface area contributed by atoms with E-state index in [0.29, 0.717) is 0 Å². The first-order chi connectivity index (χ1) is 6.77. The molecule has 1 fully saturated rings. The Morgan fingerprint density at radius 1 is 1.53 bits per heavy atom. The zero-order valence-corrected chi connectivity index (χ0v) is 10.2. The number of aromatic nitrogens is 1. The first-order valence-electron chi connectivity index (χ1n) is 5.38. The van der Waals surface area contributed by atoms with Gasteiger partial charge in [-0.2, -0.15) is 0 Å². The number of aryl methyl sites for hydroxylation is 1. The van der Waals surface area contributed by atoms with Crippen molar-refractivity contribution in [2.45, 2.75) is 26.8 Å². The Balaban J connectivity index is 0.00000112. The quantitative estimate of drug-likeness (QED) is 0.854. The van der Waals surface area contributed by atoms with Crippen LogP contribution in [0.1, 0.15) is 24.6 Å². The number of nitrogens with one attached hydrogen (secondary N) is 1. The van der Waals surface area contributed by atoms with Crippen molar-refractivity contribution in [1.82, 2.24) is 10.3 Å². The Morgan fingerprint density at radius 3 is 2.87 bits per heavy atom. The molecular weight excluding hydrogens is 208 g/mol. The Morgan fingerprint density at radius 2 is 2.27 bits per heavy atom. The van der Waals surface area contributed by atoms with Crippen LogP contribution in [0, 0.1) is 18.8 Å². The molecule has 0 aromatic carbocycles. The van der Waals surface area contributed by atoms with Crippen LogP contribution in [0.5, 0.6) is 0 Å². The molecule has 2 atom stereocenters. The van der Waals surface area contributed by atoms with Gasteiger partial charge in [0.05, 0.1) is 0 Å². The molecule has 1 aliphatic rings. The Kier molecular flexibility index (Phi) is 4.55. The van der Waals surface area contributed by atoms with Gasteiger partial charge >= 0.3 is 0 Å². The van der Waals surface area contributed by atoms with Gasteiger partial charge in [0.25, 0.3) is 0 Å². The maximum Gasteiger partial charge on any atom is 0.0417 e. The minimum absolute atomic E-state index is 0. The maximum atomic E-state index is 4.27. The highest BCUT2D eigenvalue weighted by Crippen LogP contribution is 2.36. The molecule has 0 aliphatic heterocycles. The summed E-state index contributed by atoms with van der Waals surface area (Å²) in [5.41, 5.74) is 2.46. The molecular formula is C12H19ClN2. The first kappa shape index (κ1) is 12.5. The SMILES string of the molecule is Cc1ncccc1CNCC1CC1C.Cl. The second-order valence-corrected chi connectivity index (χ2v) is 4.35. The fraction of sp³-hybridized carbons (Fsp3) is 0.583. The molecule has 15 heavy (non-hydrogen) atoms. The molecule has 2 rings (SSSR count). The molecule has 0 amide bonds. The lowest BCUT2D eigenvalue weighted by Crippen LogP contribution is -2.17. The van der Waals surface area contributed by atoms with Crippen LogP contribution < -0.4 is 5.32 Å². The molecule has 0 radical (unpaired) electrons. The summed E-state index contributed by atoms with van der Waals surface area (Å²) in [6.07, 6.45) is 3.25. The smallest absolute Gasteiger partial charge is 0.0417 e. The van der Waals surface area contributed by atoms with Gasteiger partial charge in [-0.25, -0.2) is 0 Å². The Bertz CT molecular complexity index is 314. The van der Waals surface area contributed by atoms with Crippen molar-refractivity contribution in [3.05, 3.63) is 29.6 Å². The van der Waals surface area contributed by atoms with Gasteiger partial charge in [0.1, 0.15) is 0 Å². The summed E-state index contributed by atoms with van der Waals surface area (Å²) < 4.78 is 0. The van der Waals surface area contributed by atoms with E-state index >= 15 is 0 Å². The van der Waals surface area contributed by atoms with Crippen LogP contribution in [-0.2, 0) is 6.54 Å². The van der Waals surface area contributed by atoms with E-state index in [1.807, 2.05) is 12.3 Å². The van der Waals surface area contributed by atoms with E-state index in [4.69, 9.17) is 0 Å². The normalized spacial score (nSPS) is 23.3. The minimum atomic E-state index is 0. The van der Waals surface area contributed by atoms with Crippen LogP contribution in [0.25, 0.3) is 0 Å². The summed E-state index contributed by atoms with van der Waals surface area (Å²) >= 11 is 0. The minimum Gasteiger partial charge on any atom is -0.312 e. The Hall–Kier alpha value is -0.600. The second kappa shape index (κ2) is 5.47. The number of hydrogen-bond donors (Lipinski definition) is 1. The van der Waals surface area contributed by atoms with Crippen LogP contribution in [0.2, 0.25) is 0 Å². The van der Waals surface area contributed by atoms with Crippen molar-refractivity contribution in [1.29, 1.82) is 0 Å². The highest BCUT2D eigenvalue weighted by atomic mass is 35.5. The van der Waals surface area contributed by atoms with Crippen LogP contribution in [0.15, 0.2) is 18.3 Å². The third-order valence-electron chi connectivity index (χ3n) is 3.11. The fourth-order valence-electron chi connectivity index (χ4n) is 1.78. The van der Waals surface area contributed by atoms with Crippen LogP contribution in [0.3, 0.4) is 0 Å². The molecule has 3 heteroatoms. The molecule has 2 nitrogen and oxygen atoms in total. The van der Waals surface area contributed by atoms with Gasteiger partial charge in [-0.1, -0.05) is 13.0 Å². The Labute approximate surface area is 97.9 Å². The van der Waals surface area contributed by atoms with Gasteiger partial charge < -0.3 is 5.32 Å². The molecule has 0 saturated heterocycles. The highest BCUT2D eigenvalue weighted by molar-refractivity contribution is 5.85. The van der Waals surface area contributed by atoms with E-state index in [-0.39, 0.29) is 12.4 Å². The molecule has 0 bridgehead atoms. The average Bonchev–Trinajstić information content (AvgIpc) is 2.86. The van der Waals surface area contributed by atoms with E-state index in [1.165, 1.54) is 12.0 Å². The van der Waals surface area contributed by atoms with Gasteiger partial charge in [-0.3, -0.25) is 4.98 Å². The van der Waals surface area contributed by atoms with Gasteiger partial charge in [0.15, 0.2) is 0 Å². The van der Waals surface area contributed by atoms with Crippen molar-refractivity contribution in [3.8, 4) is 0 Å². The molecule has 2 unspecified atom stereocenters. The van der Waals surface area contributed by atoms with Crippen molar-refractivity contribution < 1.29 is 0 Å². The number of halogens is 1. The first-order valence-corrected chi connectivity index (χ1v) is 5.38. The van der Waals surface area contributed by atoms with Crippen LogP contribution in [0.4, 0.5) is 0 Å². The van der Waals surface area contributed by atoms with E-state index in [1.54, 1.807) is 0 Å². The van der Waals surface area contributed by atoms with E-state index in [9.17, 15) is 0 Å².